The smallest absolute Gasteiger partial charge is 0.229 e. The topological polar surface area (TPSA) is 52.0 Å². The molecule has 1 heterocycles. The van der Waals surface area contributed by atoms with Crippen molar-refractivity contribution >= 4 is 34.2 Å². The Labute approximate surface area is 96.8 Å². The van der Waals surface area contributed by atoms with Crippen molar-refractivity contribution in [3.05, 3.63) is 30.1 Å². The quantitative estimate of drug-likeness (QED) is 0.462. The number of nitrogens with zero attached hydrogens (tertiary/aromatic N) is 2. The van der Waals surface area contributed by atoms with Crippen LogP contribution in [0.2, 0.25) is 0 Å². The van der Waals surface area contributed by atoms with Crippen LogP contribution in [0.25, 0.3) is 11.0 Å². The lowest BCUT2D eigenvalue weighted by molar-refractivity contribution is -0.112. The number of halogens is 1. The number of rotatable bonds is 3. The van der Waals surface area contributed by atoms with E-state index in [1.54, 1.807) is 24.5 Å². The fraction of sp³-hybridized carbons (Fsp3) is 0.182. The predicted molar refractivity (Wildman–Crippen MR) is 60.8 cm³/mol. The number of carbonyl (C=O) groups excluding carboxylic acids is 2. The molecule has 2 rings (SSSR count). The number of alkyl halides is 1. The molecule has 0 aliphatic rings. The Morgan fingerprint density at radius 1 is 1.44 bits per heavy atom. The van der Waals surface area contributed by atoms with Crippen LogP contribution in [0.3, 0.4) is 0 Å². The zero-order chi connectivity index (χ0) is 11.7. The first-order chi connectivity index (χ1) is 7.63. The van der Waals surface area contributed by atoms with E-state index in [2.05, 4.69) is 4.98 Å². The SMILES string of the molecule is Cn1cnc2cc(C(=O)C(=O)CCl)ccc21. The monoisotopic (exact) mass is 236 g/mol. The van der Waals surface area contributed by atoms with Crippen molar-refractivity contribution < 1.29 is 9.59 Å². The van der Waals surface area contributed by atoms with Gasteiger partial charge in [-0.25, -0.2) is 4.98 Å². The second-order valence-electron chi connectivity index (χ2n) is 3.44. The van der Waals surface area contributed by atoms with Gasteiger partial charge in [-0.15, -0.1) is 11.6 Å². The minimum Gasteiger partial charge on any atom is -0.334 e. The van der Waals surface area contributed by atoms with Crippen LogP contribution >= 0.6 is 11.6 Å². The molecule has 0 aliphatic carbocycles. The fourth-order valence-corrected chi connectivity index (χ4v) is 1.62. The molecule has 16 heavy (non-hydrogen) atoms. The Kier molecular flexibility index (Phi) is 2.75. The molecule has 1 aromatic carbocycles. The Morgan fingerprint density at radius 2 is 2.19 bits per heavy atom. The molecule has 0 saturated heterocycles. The minimum atomic E-state index is -0.600. The third-order valence-electron chi connectivity index (χ3n) is 2.36. The Morgan fingerprint density at radius 3 is 2.88 bits per heavy atom. The van der Waals surface area contributed by atoms with Crippen LogP contribution in [0.4, 0.5) is 0 Å². The first-order valence-electron chi connectivity index (χ1n) is 4.68. The summed E-state index contributed by atoms with van der Waals surface area (Å²) in [7, 11) is 1.86. The zero-order valence-electron chi connectivity index (χ0n) is 8.61. The van der Waals surface area contributed by atoms with E-state index < -0.39 is 11.6 Å². The van der Waals surface area contributed by atoms with Crippen molar-refractivity contribution in [1.29, 1.82) is 0 Å². The summed E-state index contributed by atoms with van der Waals surface area (Å²) in [6, 6.07) is 4.97. The second-order valence-corrected chi connectivity index (χ2v) is 3.71. The summed E-state index contributed by atoms with van der Waals surface area (Å²) in [5, 5.41) is 0. The van der Waals surface area contributed by atoms with Crippen molar-refractivity contribution in [3.63, 3.8) is 0 Å². The third kappa shape index (κ3) is 1.72. The van der Waals surface area contributed by atoms with Gasteiger partial charge in [0.05, 0.1) is 23.2 Å². The first kappa shape index (κ1) is 10.8. The first-order valence-corrected chi connectivity index (χ1v) is 5.21. The summed E-state index contributed by atoms with van der Waals surface area (Å²) >= 11 is 5.33. The van der Waals surface area contributed by atoms with Crippen LogP contribution < -0.4 is 0 Å². The number of aromatic nitrogens is 2. The standard InChI is InChI=1S/C11H9ClN2O2/c1-14-6-13-8-4-7(2-3-9(8)14)11(16)10(15)5-12/h2-4,6H,5H2,1H3. The maximum atomic E-state index is 11.6. The molecule has 0 saturated carbocycles. The average molecular weight is 237 g/mol. The minimum absolute atomic E-state index is 0.293. The van der Waals surface area contributed by atoms with Gasteiger partial charge in [0.15, 0.2) is 0 Å². The molecule has 0 amide bonds. The van der Waals surface area contributed by atoms with Gasteiger partial charge in [-0.3, -0.25) is 9.59 Å². The molecule has 1 aromatic heterocycles. The number of fused-ring (bicyclic) bond motifs is 1. The Hall–Kier alpha value is -1.68. The van der Waals surface area contributed by atoms with Crippen molar-refractivity contribution in [2.45, 2.75) is 0 Å². The molecular weight excluding hydrogens is 228 g/mol. The van der Waals surface area contributed by atoms with E-state index in [0.29, 0.717) is 11.1 Å². The van der Waals surface area contributed by atoms with Crippen LogP contribution in [-0.4, -0.2) is 27.0 Å². The summed E-state index contributed by atoms with van der Waals surface area (Å²) in [5.41, 5.74) is 1.93. The number of hydrogen-bond donors (Lipinski definition) is 0. The summed E-state index contributed by atoms with van der Waals surface area (Å²) in [6.07, 6.45) is 1.66. The summed E-state index contributed by atoms with van der Waals surface area (Å²) in [6.45, 7) is 0. The molecule has 0 aliphatic heterocycles. The average Bonchev–Trinajstić information content (AvgIpc) is 2.68. The number of ketones is 2. The lowest BCUT2D eigenvalue weighted by atomic mass is 10.1. The zero-order valence-corrected chi connectivity index (χ0v) is 9.36. The van der Waals surface area contributed by atoms with Gasteiger partial charge in [-0.2, -0.15) is 0 Å². The van der Waals surface area contributed by atoms with Crippen LogP contribution in [0, 0.1) is 0 Å². The summed E-state index contributed by atoms with van der Waals surface area (Å²) in [4.78, 5) is 26.8. The summed E-state index contributed by atoms with van der Waals surface area (Å²) in [5.74, 6) is -1.46. The van der Waals surface area contributed by atoms with Gasteiger partial charge in [-0.1, -0.05) is 0 Å². The third-order valence-corrected chi connectivity index (χ3v) is 2.60. The molecule has 0 spiro atoms. The van der Waals surface area contributed by atoms with Gasteiger partial charge in [0.1, 0.15) is 0 Å². The molecule has 0 radical (unpaired) electrons. The van der Waals surface area contributed by atoms with Crippen LogP contribution in [-0.2, 0) is 11.8 Å². The number of benzene rings is 1. The molecule has 2 aromatic rings. The molecule has 82 valence electrons. The molecule has 0 bridgehead atoms. The van der Waals surface area contributed by atoms with E-state index in [1.807, 2.05) is 11.6 Å². The van der Waals surface area contributed by atoms with Gasteiger partial charge in [0, 0.05) is 12.6 Å². The van der Waals surface area contributed by atoms with E-state index in [9.17, 15) is 9.59 Å². The van der Waals surface area contributed by atoms with Crippen LogP contribution in [0.15, 0.2) is 24.5 Å². The van der Waals surface area contributed by atoms with Crippen molar-refractivity contribution in [3.8, 4) is 0 Å². The lowest BCUT2D eigenvalue weighted by Crippen LogP contribution is -2.15. The molecule has 0 N–H and O–H groups in total. The number of hydrogen-bond acceptors (Lipinski definition) is 3. The normalized spacial score (nSPS) is 10.6. The van der Waals surface area contributed by atoms with Crippen molar-refractivity contribution in [1.82, 2.24) is 9.55 Å². The Bertz CT molecular complexity index is 574. The molecule has 0 fully saturated rings. The second kappa shape index (κ2) is 4.06. The highest BCUT2D eigenvalue weighted by Gasteiger charge is 2.15. The highest BCUT2D eigenvalue weighted by Crippen LogP contribution is 2.14. The maximum absolute atomic E-state index is 11.6. The van der Waals surface area contributed by atoms with E-state index in [0.717, 1.165) is 5.52 Å². The molecule has 0 unspecified atom stereocenters. The molecule has 0 atom stereocenters. The van der Waals surface area contributed by atoms with Gasteiger partial charge in [-0.05, 0) is 18.2 Å². The maximum Gasteiger partial charge on any atom is 0.229 e. The highest BCUT2D eigenvalue weighted by molar-refractivity contribution is 6.51. The van der Waals surface area contributed by atoms with Crippen molar-refractivity contribution in [2.75, 3.05) is 5.88 Å². The van der Waals surface area contributed by atoms with E-state index >= 15 is 0 Å². The number of aryl methyl sites for hydroxylation is 1. The molecular formula is C11H9ClN2O2. The van der Waals surface area contributed by atoms with E-state index in [1.165, 1.54) is 0 Å². The van der Waals surface area contributed by atoms with Crippen LogP contribution in [0.5, 0.6) is 0 Å². The Balaban J connectivity index is 2.47. The largest absolute Gasteiger partial charge is 0.334 e. The van der Waals surface area contributed by atoms with Gasteiger partial charge in [0.2, 0.25) is 11.6 Å². The van der Waals surface area contributed by atoms with Crippen molar-refractivity contribution in [2.24, 2.45) is 7.05 Å². The lowest BCUT2D eigenvalue weighted by Gasteiger charge is -1.98. The van der Waals surface area contributed by atoms with Gasteiger partial charge in [0.25, 0.3) is 0 Å². The summed E-state index contributed by atoms with van der Waals surface area (Å²) < 4.78 is 1.84. The number of imidazole rings is 1. The van der Waals surface area contributed by atoms with Gasteiger partial charge < -0.3 is 4.57 Å². The number of Topliss-reactive ketones (excluding diaryl/α,β-unsaturated/α-hetero) is 2. The van der Waals surface area contributed by atoms with Crippen LogP contribution in [0.1, 0.15) is 10.4 Å². The highest BCUT2D eigenvalue weighted by atomic mass is 35.5. The van der Waals surface area contributed by atoms with E-state index in [-0.39, 0.29) is 5.88 Å². The number of carbonyl (C=O) groups is 2. The predicted octanol–water partition coefficient (Wildman–Crippen LogP) is 1.56. The fourth-order valence-electron chi connectivity index (χ4n) is 1.50. The van der Waals surface area contributed by atoms with Gasteiger partial charge >= 0.3 is 0 Å². The molecule has 5 heteroatoms. The molecule has 4 nitrogen and oxygen atoms in total. The van der Waals surface area contributed by atoms with E-state index in [4.69, 9.17) is 11.6 Å².